The molecule has 25 heavy (non-hydrogen) atoms. The minimum atomic E-state index is -0.385. The Morgan fingerprint density at radius 3 is 2.80 bits per heavy atom. The zero-order chi connectivity index (χ0) is 17.8. The van der Waals surface area contributed by atoms with Crippen molar-refractivity contribution in [3.8, 4) is 11.5 Å². The maximum absolute atomic E-state index is 13.9. The molecule has 0 N–H and O–H groups in total. The van der Waals surface area contributed by atoms with E-state index in [4.69, 9.17) is 9.26 Å². The van der Waals surface area contributed by atoms with Crippen LogP contribution in [0.4, 0.5) is 9.18 Å². The van der Waals surface area contributed by atoms with Crippen molar-refractivity contribution >= 4 is 6.09 Å². The van der Waals surface area contributed by atoms with Crippen molar-refractivity contribution in [3.63, 3.8) is 0 Å². The van der Waals surface area contributed by atoms with Gasteiger partial charge in [0, 0.05) is 26.2 Å². The Morgan fingerprint density at radius 1 is 1.32 bits per heavy atom. The normalized spacial score (nSPS) is 15.4. The number of carbonyl (C=O) groups is 1. The summed E-state index contributed by atoms with van der Waals surface area (Å²) in [7, 11) is 0. The number of benzene rings is 1. The van der Waals surface area contributed by atoms with E-state index < -0.39 is 0 Å². The van der Waals surface area contributed by atoms with E-state index in [0.29, 0.717) is 50.7 Å². The molecule has 1 aromatic carbocycles. The number of aryl methyl sites for hydroxylation is 1. The van der Waals surface area contributed by atoms with Crippen molar-refractivity contribution < 1.29 is 18.4 Å². The molecule has 1 amide bonds. The minimum absolute atomic E-state index is 0.182. The first kappa shape index (κ1) is 17.3. The Kier molecular flexibility index (Phi) is 5.28. The van der Waals surface area contributed by atoms with Crippen LogP contribution in [0.2, 0.25) is 0 Å². The van der Waals surface area contributed by atoms with E-state index in [9.17, 15) is 9.18 Å². The van der Waals surface area contributed by atoms with Gasteiger partial charge in [0.1, 0.15) is 5.82 Å². The number of piperazine rings is 1. The number of rotatable bonds is 4. The molecule has 7 nitrogen and oxygen atoms in total. The van der Waals surface area contributed by atoms with Gasteiger partial charge in [-0.05, 0) is 26.0 Å². The Hall–Kier alpha value is -2.48. The highest BCUT2D eigenvalue weighted by atomic mass is 19.1. The molecule has 134 valence electrons. The molecule has 0 atom stereocenters. The van der Waals surface area contributed by atoms with Crippen LogP contribution in [0.5, 0.6) is 0 Å². The number of halogens is 1. The molecule has 1 aromatic heterocycles. The first-order chi connectivity index (χ1) is 12.1. The van der Waals surface area contributed by atoms with E-state index in [0.717, 1.165) is 5.56 Å². The summed E-state index contributed by atoms with van der Waals surface area (Å²) >= 11 is 0. The highest BCUT2D eigenvalue weighted by Gasteiger charge is 2.23. The molecular weight excluding hydrogens is 327 g/mol. The first-order valence-corrected chi connectivity index (χ1v) is 8.30. The summed E-state index contributed by atoms with van der Waals surface area (Å²) < 4.78 is 24.1. The molecule has 0 aliphatic carbocycles. The van der Waals surface area contributed by atoms with Crippen LogP contribution >= 0.6 is 0 Å². The molecule has 3 rings (SSSR count). The summed E-state index contributed by atoms with van der Waals surface area (Å²) in [4.78, 5) is 19.8. The fourth-order valence-electron chi connectivity index (χ4n) is 2.73. The largest absolute Gasteiger partial charge is 0.450 e. The zero-order valence-electron chi connectivity index (χ0n) is 14.4. The first-order valence-electron chi connectivity index (χ1n) is 8.30. The highest BCUT2D eigenvalue weighted by Crippen LogP contribution is 2.22. The fourth-order valence-corrected chi connectivity index (χ4v) is 2.73. The number of hydrogen-bond donors (Lipinski definition) is 0. The maximum atomic E-state index is 13.9. The van der Waals surface area contributed by atoms with Crippen LogP contribution in [0.3, 0.4) is 0 Å². The van der Waals surface area contributed by atoms with Gasteiger partial charge in [0.25, 0.3) is 5.89 Å². The molecule has 0 radical (unpaired) electrons. The van der Waals surface area contributed by atoms with Gasteiger partial charge >= 0.3 is 6.09 Å². The quantitative estimate of drug-likeness (QED) is 0.845. The van der Waals surface area contributed by atoms with Crippen molar-refractivity contribution in [3.05, 3.63) is 35.4 Å². The summed E-state index contributed by atoms with van der Waals surface area (Å²) in [5.41, 5.74) is 1.23. The molecule has 1 fully saturated rings. The van der Waals surface area contributed by atoms with Crippen LogP contribution in [-0.4, -0.2) is 58.8 Å². The van der Waals surface area contributed by atoms with Crippen LogP contribution in [0, 0.1) is 12.7 Å². The molecule has 0 spiro atoms. The molecule has 0 bridgehead atoms. The van der Waals surface area contributed by atoms with E-state index in [1.165, 1.54) is 6.07 Å². The number of ether oxygens (including phenoxy) is 1. The lowest BCUT2D eigenvalue weighted by Crippen LogP contribution is -2.48. The van der Waals surface area contributed by atoms with Crippen LogP contribution in [-0.2, 0) is 11.3 Å². The summed E-state index contributed by atoms with van der Waals surface area (Å²) in [5.74, 6) is 0.297. The SMILES string of the molecule is CCOC(=O)N1CCN(Cc2noc(-c3cc(C)ccc3F)n2)CC1. The molecule has 2 aromatic rings. The van der Waals surface area contributed by atoms with Gasteiger partial charge in [-0.15, -0.1) is 0 Å². The number of nitrogens with zero attached hydrogens (tertiary/aromatic N) is 4. The molecule has 0 unspecified atom stereocenters. The molecule has 8 heteroatoms. The lowest BCUT2D eigenvalue weighted by atomic mass is 10.1. The average molecular weight is 348 g/mol. The lowest BCUT2D eigenvalue weighted by Gasteiger charge is -2.33. The number of hydrogen-bond acceptors (Lipinski definition) is 6. The van der Waals surface area contributed by atoms with E-state index in [1.54, 1.807) is 24.0 Å². The third-order valence-corrected chi connectivity index (χ3v) is 4.08. The second-order valence-corrected chi connectivity index (χ2v) is 5.96. The van der Waals surface area contributed by atoms with Crippen LogP contribution < -0.4 is 0 Å². The second kappa shape index (κ2) is 7.60. The molecule has 0 saturated carbocycles. The summed E-state index contributed by atoms with van der Waals surface area (Å²) in [6.45, 7) is 7.12. The standard InChI is InChI=1S/C17H21FN4O3/c1-3-24-17(23)22-8-6-21(7-9-22)11-15-19-16(25-20-15)13-10-12(2)4-5-14(13)18/h4-5,10H,3,6-9,11H2,1-2H3. The Labute approximate surface area is 145 Å². The Balaban J connectivity index is 1.59. The van der Waals surface area contributed by atoms with E-state index >= 15 is 0 Å². The number of amides is 1. The topological polar surface area (TPSA) is 71.7 Å². The van der Waals surface area contributed by atoms with Crippen molar-refractivity contribution in [2.24, 2.45) is 0 Å². The van der Waals surface area contributed by atoms with Gasteiger partial charge in [0.15, 0.2) is 5.82 Å². The Morgan fingerprint density at radius 2 is 2.08 bits per heavy atom. The van der Waals surface area contributed by atoms with E-state index in [1.807, 2.05) is 6.92 Å². The maximum Gasteiger partial charge on any atom is 0.409 e. The average Bonchev–Trinajstić information content (AvgIpc) is 3.06. The number of aromatic nitrogens is 2. The summed E-state index contributed by atoms with van der Waals surface area (Å²) in [6.07, 6.45) is -0.279. The molecule has 2 heterocycles. The van der Waals surface area contributed by atoms with Crippen molar-refractivity contribution in [2.75, 3.05) is 32.8 Å². The van der Waals surface area contributed by atoms with Gasteiger partial charge in [-0.2, -0.15) is 4.98 Å². The minimum Gasteiger partial charge on any atom is -0.450 e. The van der Waals surface area contributed by atoms with Crippen molar-refractivity contribution in [1.82, 2.24) is 19.9 Å². The third-order valence-electron chi connectivity index (χ3n) is 4.08. The Bertz CT molecular complexity index is 741. The smallest absolute Gasteiger partial charge is 0.409 e. The molecule has 1 aliphatic rings. The molecule has 1 aliphatic heterocycles. The van der Waals surface area contributed by atoms with Crippen LogP contribution in [0.25, 0.3) is 11.5 Å². The predicted octanol–water partition coefficient (Wildman–Crippen LogP) is 2.46. The van der Waals surface area contributed by atoms with Crippen LogP contribution in [0.1, 0.15) is 18.3 Å². The van der Waals surface area contributed by atoms with E-state index in [-0.39, 0.29) is 17.8 Å². The molecular formula is C17H21FN4O3. The summed E-state index contributed by atoms with van der Waals surface area (Å²) in [6, 6.07) is 4.77. The second-order valence-electron chi connectivity index (χ2n) is 5.96. The summed E-state index contributed by atoms with van der Waals surface area (Å²) in [5, 5.41) is 3.94. The zero-order valence-corrected chi connectivity index (χ0v) is 14.4. The van der Waals surface area contributed by atoms with Gasteiger partial charge in [-0.3, -0.25) is 4.90 Å². The van der Waals surface area contributed by atoms with Gasteiger partial charge in [0.05, 0.1) is 18.7 Å². The van der Waals surface area contributed by atoms with Gasteiger partial charge in [-0.25, -0.2) is 9.18 Å². The lowest BCUT2D eigenvalue weighted by molar-refractivity contribution is 0.0769. The van der Waals surface area contributed by atoms with E-state index in [2.05, 4.69) is 15.0 Å². The van der Waals surface area contributed by atoms with Crippen LogP contribution in [0.15, 0.2) is 22.7 Å². The predicted molar refractivity (Wildman–Crippen MR) is 88.3 cm³/mol. The molecule has 1 saturated heterocycles. The van der Waals surface area contributed by atoms with Crippen molar-refractivity contribution in [1.29, 1.82) is 0 Å². The monoisotopic (exact) mass is 348 g/mol. The number of carbonyl (C=O) groups excluding carboxylic acids is 1. The highest BCUT2D eigenvalue weighted by molar-refractivity contribution is 5.67. The van der Waals surface area contributed by atoms with Crippen molar-refractivity contribution in [2.45, 2.75) is 20.4 Å². The third kappa shape index (κ3) is 4.14. The fraction of sp³-hybridized carbons (Fsp3) is 0.471. The van der Waals surface area contributed by atoms with Gasteiger partial charge < -0.3 is 14.2 Å². The van der Waals surface area contributed by atoms with Gasteiger partial charge in [-0.1, -0.05) is 16.8 Å². The van der Waals surface area contributed by atoms with Gasteiger partial charge in [0.2, 0.25) is 0 Å².